The molecule has 1 saturated heterocycles. The van der Waals surface area contributed by atoms with E-state index >= 15 is 0 Å². The molecule has 0 aromatic carbocycles. The van der Waals surface area contributed by atoms with Gasteiger partial charge in [0, 0.05) is 18.5 Å². The van der Waals surface area contributed by atoms with Crippen LogP contribution < -0.4 is 15.5 Å². The Hall–Kier alpha value is -1.48. The summed E-state index contributed by atoms with van der Waals surface area (Å²) >= 11 is 1.56. The number of methoxy groups -OCH3 is 1. The minimum absolute atomic E-state index is 0.0409. The third kappa shape index (κ3) is 5.31. The molecule has 0 spiro atoms. The molecule has 3 N–H and O–H groups in total. The van der Waals surface area contributed by atoms with E-state index in [0.29, 0.717) is 30.3 Å². The van der Waals surface area contributed by atoms with Gasteiger partial charge in [0.15, 0.2) is 6.54 Å². The summed E-state index contributed by atoms with van der Waals surface area (Å²) in [6.07, 6.45) is 4.42. The van der Waals surface area contributed by atoms with Gasteiger partial charge in [-0.1, -0.05) is 0 Å². The topological polar surface area (TPSA) is 81.1 Å². The highest BCUT2D eigenvalue weighted by Gasteiger charge is 2.29. The fourth-order valence-corrected chi connectivity index (χ4v) is 5.48. The quantitative estimate of drug-likeness (QED) is 0.576. The summed E-state index contributed by atoms with van der Waals surface area (Å²) in [5.74, 6) is -0.159. The number of hydrogen-bond donors (Lipinski definition) is 3. The summed E-state index contributed by atoms with van der Waals surface area (Å²) in [5, 5.41) is 6.65. The summed E-state index contributed by atoms with van der Waals surface area (Å²) in [4.78, 5) is 28.0. The second kappa shape index (κ2) is 9.82. The van der Waals surface area contributed by atoms with E-state index < -0.39 is 0 Å². The number of hydrogen-bond acceptors (Lipinski definition) is 5. The molecule has 1 aliphatic heterocycles. The van der Waals surface area contributed by atoms with Crippen molar-refractivity contribution in [1.82, 2.24) is 5.32 Å². The van der Waals surface area contributed by atoms with Crippen LogP contribution >= 0.6 is 11.3 Å². The lowest BCUT2D eigenvalue weighted by Gasteiger charge is -2.31. The Balaban J connectivity index is 1.70. The molecule has 156 valence electrons. The van der Waals surface area contributed by atoms with Crippen molar-refractivity contribution in [2.75, 3.05) is 45.2 Å². The first-order valence-corrected chi connectivity index (χ1v) is 11.0. The predicted molar refractivity (Wildman–Crippen MR) is 109 cm³/mol. The van der Waals surface area contributed by atoms with Gasteiger partial charge >= 0.3 is 0 Å². The van der Waals surface area contributed by atoms with Gasteiger partial charge in [-0.2, -0.15) is 0 Å². The number of quaternary nitrogens is 1. The molecule has 2 amide bonds. The van der Waals surface area contributed by atoms with E-state index in [9.17, 15) is 9.59 Å². The minimum atomic E-state index is -0.118. The van der Waals surface area contributed by atoms with Crippen LogP contribution in [0.2, 0.25) is 0 Å². The van der Waals surface area contributed by atoms with Crippen molar-refractivity contribution in [3.05, 3.63) is 16.0 Å². The number of thiophene rings is 1. The number of aryl methyl sites for hydroxylation is 1. The van der Waals surface area contributed by atoms with Crippen molar-refractivity contribution in [1.29, 1.82) is 0 Å². The van der Waals surface area contributed by atoms with Crippen LogP contribution in [0.5, 0.6) is 0 Å². The Morgan fingerprint density at radius 3 is 2.64 bits per heavy atom. The number of fused-ring (bicyclic) bond motifs is 1. The first-order valence-electron chi connectivity index (χ1n) is 10.2. The summed E-state index contributed by atoms with van der Waals surface area (Å²) < 4.78 is 10.8. The van der Waals surface area contributed by atoms with Crippen LogP contribution in [0.3, 0.4) is 0 Å². The number of nitrogens with one attached hydrogen (secondary N) is 3. The molecule has 1 aromatic rings. The van der Waals surface area contributed by atoms with Crippen LogP contribution in [-0.4, -0.2) is 63.9 Å². The van der Waals surface area contributed by atoms with Crippen molar-refractivity contribution in [2.45, 2.75) is 51.7 Å². The fraction of sp³-hybridized carbons (Fsp3) is 0.700. The number of morpholine rings is 1. The van der Waals surface area contributed by atoms with Crippen LogP contribution in [0.25, 0.3) is 0 Å². The van der Waals surface area contributed by atoms with E-state index in [4.69, 9.17) is 9.47 Å². The van der Waals surface area contributed by atoms with Crippen molar-refractivity contribution in [2.24, 2.45) is 0 Å². The molecular formula is C20H32N3O4S+. The zero-order valence-corrected chi connectivity index (χ0v) is 17.9. The summed E-state index contributed by atoms with van der Waals surface area (Å²) in [6, 6.07) is 0. The van der Waals surface area contributed by atoms with Crippen LogP contribution in [0.15, 0.2) is 0 Å². The molecule has 7 nitrogen and oxygen atoms in total. The van der Waals surface area contributed by atoms with Gasteiger partial charge in [-0.15, -0.1) is 11.3 Å². The molecule has 1 aliphatic carbocycles. The van der Waals surface area contributed by atoms with Crippen molar-refractivity contribution < 1.29 is 24.0 Å². The highest BCUT2D eigenvalue weighted by Crippen LogP contribution is 2.38. The lowest BCUT2D eigenvalue weighted by molar-refractivity contribution is -0.907. The van der Waals surface area contributed by atoms with Crippen molar-refractivity contribution in [3.63, 3.8) is 0 Å². The highest BCUT2D eigenvalue weighted by atomic mass is 32.1. The average Bonchev–Trinajstić information content (AvgIpc) is 2.98. The Morgan fingerprint density at radius 2 is 1.93 bits per heavy atom. The molecule has 1 fully saturated rings. The molecule has 3 rings (SSSR count). The maximum atomic E-state index is 12.8. The summed E-state index contributed by atoms with van der Waals surface area (Å²) in [6.45, 7) is 7.06. The third-order valence-corrected chi connectivity index (χ3v) is 6.48. The first-order chi connectivity index (χ1) is 13.5. The molecule has 2 heterocycles. The standard InChI is InChI=1S/C20H31N3O4S/c1-13-10-23(11-14(2)27-13)12-17(24)22-20-18(19(25)21-8-9-26-3)15-6-4-5-7-16(15)28-20/h13-14H,4-12H2,1-3H3,(H,21,25)(H,22,24)/p+1/t13-,14-/m0/s1. The largest absolute Gasteiger partial charge is 0.383 e. The van der Waals surface area contributed by atoms with Gasteiger partial charge < -0.3 is 25.0 Å². The monoisotopic (exact) mass is 410 g/mol. The van der Waals surface area contributed by atoms with Gasteiger partial charge in [-0.3, -0.25) is 9.59 Å². The molecule has 0 radical (unpaired) electrons. The predicted octanol–water partition coefficient (Wildman–Crippen LogP) is 0.634. The Labute approximate surface area is 170 Å². The molecule has 0 saturated carbocycles. The van der Waals surface area contributed by atoms with Crippen LogP contribution in [0.4, 0.5) is 5.00 Å². The molecule has 0 bridgehead atoms. The zero-order valence-electron chi connectivity index (χ0n) is 17.1. The smallest absolute Gasteiger partial charge is 0.280 e. The zero-order chi connectivity index (χ0) is 20.1. The Kier molecular flexibility index (Phi) is 7.45. The maximum Gasteiger partial charge on any atom is 0.280 e. The van der Waals surface area contributed by atoms with Crippen molar-refractivity contribution >= 4 is 28.2 Å². The number of carbonyl (C=O) groups excluding carboxylic acids is 2. The maximum absolute atomic E-state index is 12.8. The molecule has 0 unspecified atom stereocenters. The van der Waals surface area contributed by atoms with Gasteiger partial charge in [0.2, 0.25) is 0 Å². The number of rotatable bonds is 7. The average molecular weight is 411 g/mol. The number of anilines is 1. The van der Waals surface area contributed by atoms with Gasteiger partial charge in [-0.25, -0.2) is 0 Å². The van der Waals surface area contributed by atoms with Gasteiger partial charge in [0.25, 0.3) is 11.8 Å². The Bertz CT molecular complexity index is 696. The second-order valence-corrected chi connectivity index (χ2v) is 8.91. The van der Waals surface area contributed by atoms with Gasteiger partial charge in [-0.05, 0) is 45.1 Å². The number of amides is 2. The summed E-state index contributed by atoms with van der Waals surface area (Å²) in [5.41, 5.74) is 1.77. The van der Waals surface area contributed by atoms with Crippen LogP contribution in [-0.2, 0) is 27.1 Å². The SMILES string of the molecule is COCCNC(=O)c1c(NC(=O)C[NH+]2C[C@H](C)O[C@@H](C)C2)sc2c1CCCC2. The number of ether oxygens (including phenoxy) is 2. The van der Waals surface area contributed by atoms with E-state index in [1.165, 1.54) is 9.78 Å². The van der Waals surface area contributed by atoms with Crippen LogP contribution in [0.1, 0.15) is 47.5 Å². The molecule has 8 heteroatoms. The molecule has 2 atom stereocenters. The molecule has 28 heavy (non-hydrogen) atoms. The Morgan fingerprint density at radius 1 is 1.21 bits per heavy atom. The fourth-order valence-electron chi connectivity index (χ4n) is 4.18. The van der Waals surface area contributed by atoms with E-state index in [2.05, 4.69) is 10.6 Å². The second-order valence-electron chi connectivity index (χ2n) is 7.80. The van der Waals surface area contributed by atoms with E-state index in [0.717, 1.165) is 44.3 Å². The van der Waals surface area contributed by atoms with Gasteiger partial charge in [0.1, 0.15) is 30.3 Å². The molecule has 2 aliphatic rings. The normalized spacial score (nSPS) is 24.5. The van der Waals surface area contributed by atoms with E-state index in [1.807, 2.05) is 13.8 Å². The summed E-state index contributed by atoms with van der Waals surface area (Å²) in [7, 11) is 1.61. The third-order valence-electron chi connectivity index (χ3n) is 5.27. The number of carbonyl (C=O) groups is 2. The molecule has 1 aromatic heterocycles. The van der Waals surface area contributed by atoms with E-state index in [1.54, 1.807) is 18.4 Å². The van der Waals surface area contributed by atoms with Gasteiger partial charge in [0.05, 0.1) is 12.2 Å². The van der Waals surface area contributed by atoms with E-state index in [-0.39, 0.29) is 24.0 Å². The molecular weight excluding hydrogens is 378 g/mol. The first kappa shape index (κ1) is 21.2. The van der Waals surface area contributed by atoms with Crippen LogP contribution in [0, 0.1) is 0 Å². The lowest BCUT2D eigenvalue weighted by atomic mass is 9.95. The highest BCUT2D eigenvalue weighted by molar-refractivity contribution is 7.17. The minimum Gasteiger partial charge on any atom is -0.383 e. The van der Waals surface area contributed by atoms with Crippen molar-refractivity contribution in [3.8, 4) is 0 Å². The lowest BCUT2D eigenvalue weighted by Crippen LogP contribution is -3.16.